The SMILES string of the molecule is COCCNCC(=O)Cc1ccc(Br)s1. The number of carbonyl (C=O) groups is 1. The highest BCUT2D eigenvalue weighted by molar-refractivity contribution is 9.11. The third kappa shape index (κ3) is 5.41. The van der Waals surface area contributed by atoms with Gasteiger partial charge in [0.15, 0.2) is 5.78 Å². The highest BCUT2D eigenvalue weighted by Crippen LogP contribution is 2.22. The molecule has 1 aromatic heterocycles. The third-order valence-electron chi connectivity index (χ3n) is 1.81. The van der Waals surface area contributed by atoms with E-state index >= 15 is 0 Å². The molecule has 1 rings (SSSR count). The molecule has 1 aromatic rings. The number of Topliss-reactive ketones (excluding diaryl/α,β-unsaturated/α-hetero) is 1. The normalized spacial score (nSPS) is 10.5. The monoisotopic (exact) mass is 291 g/mol. The summed E-state index contributed by atoms with van der Waals surface area (Å²) < 4.78 is 5.93. The first kappa shape index (κ1) is 12.8. The molecule has 0 spiro atoms. The zero-order valence-electron chi connectivity index (χ0n) is 8.59. The molecule has 0 saturated heterocycles. The molecule has 0 fully saturated rings. The molecule has 84 valence electrons. The predicted molar refractivity (Wildman–Crippen MR) is 65.5 cm³/mol. The molecule has 0 aromatic carbocycles. The van der Waals surface area contributed by atoms with Crippen molar-refractivity contribution < 1.29 is 9.53 Å². The van der Waals surface area contributed by atoms with E-state index in [1.807, 2.05) is 12.1 Å². The van der Waals surface area contributed by atoms with Gasteiger partial charge in [-0.3, -0.25) is 4.79 Å². The Hall–Kier alpha value is -0.230. The summed E-state index contributed by atoms with van der Waals surface area (Å²) in [4.78, 5) is 12.6. The third-order valence-corrected chi connectivity index (χ3v) is 3.43. The maximum atomic E-state index is 11.5. The minimum Gasteiger partial charge on any atom is -0.383 e. The van der Waals surface area contributed by atoms with Crippen LogP contribution in [0.2, 0.25) is 0 Å². The quantitative estimate of drug-likeness (QED) is 0.780. The van der Waals surface area contributed by atoms with Crippen LogP contribution in [0, 0.1) is 0 Å². The number of hydrogen-bond donors (Lipinski definition) is 1. The van der Waals surface area contributed by atoms with Crippen LogP contribution >= 0.6 is 27.3 Å². The molecule has 0 radical (unpaired) electrons. The molecule has 0 saturated carbocycles. The first-order valence-corrected chi connectivity index (χ1v) is 6.29. The highest BCUT2D eigenvalue weighted by Gasteiger charge is 2.05. The number of methoxy groups -OCH3 is 1. The fourth-order valence-corrected chi connectivity index (χ4v) is 2.62. The van der Waals surface area contributed by atoms with Crippen molar-refractivity contribution in [3.05, 3.63) is 20.8 Å². The van der Waals surface area contributed by atoms with Crippen LogP contribution < -0.4 is 5.32 Å². The van der Waals surface area contributed by atoms with E-state index in [4.69, 9.17) is 4.74 Å². The van der Waals surface area contributed by atoms with E-state index in [9.17, 15) is 4.79 Å². The maximum absolute atomic E-state index is 11.5. The molecule has 3 nitrogen and oxygen atoms in total. The van der Waals surface area contributed by atoms with Gasteiger partial charge in [0.05, 0.1) is 16.9 Å². The zero-order chi connectivity index (χ0) is 11.1. The number of ether oxygens (including phenoxy) is 1. The molecule has 15 heavy (non-hydrogen) atoms. The zero-order valence-corrected chi connectivity index (χ0v) is 11.0. The molecule has 0 aliphatic carbocycles. The van der Waals surface area contributed by atoms with Gasteiger partial charge in [-0.25, -0.2) is 0 Å². The standard InChI is InChI=1S/C10H14BrNO2S/c1-14-5-4-12-7-8(13)6-9-2-3-10(11)15-9/h2-3,12H,4-7H2,1H3. The lowest BCUT2D eigenvalue weighted by atomic mass is 10.2. The number of nitrogens with one attached hydrogen (secondary N) is 1. The molecule has 0 amide bonds. The molecule has 0 bridgehead atoms. The van der Waals surface area contributed by atoms with Gasteiger partial charge in [-0.1, -0.05) is 0 Å². The molecule has 5 heteroatoms. The van der Waals surface area contributed by atoms with Gasteiger partial charge in [-0.05, 0) is 28.1 Å². The van der Waals surface area contributed by atoms with E-state index in [-0.39, 0.29) is 5.78 Å². The van der Waals surface area contributed by atoms with Crippen molar-refractivity contribution in [2.75, 3.05) is 26.8 Å². The number of ketones is 1. The van der Waals surface area contributed by atoms with Gasteiger partial charge in [-0.15, -0.1) is 11.3 Å². The van der Waals surface area contributed by atoms with Crippen LogP contribution in [-0.4, -0.2) is 32.6 Å². The Kier molecular flexibility index (Phi) is 6.09. The van der Waals surface area contributed by atoms with Gasteiger partial charge < -0.3 is 10.1 Å². The van der Waals surface area contributed by atoms with Crippen molar-refractivity contribution in [1.82, 2.24) is 5.32 Å². The average molecular weight is 292 g/mol. The van der Waals surface area contributed by atoms with Crippen molar-refractivity contribution in [3.8, 4) is 0 Å². The van der Waals surface area contributed by atoms with E-state index in [0.717, 1.165) is 15.2 Å². The summed E-state index contributed by atoms with van der Waals surface area (Å²) in [7, 11) is 1.65. The minimum absolute atomic E-state index is 0.209. The van der Waals surface area contributed by atoms with Crippen LogP contribution in [0.1, 0.15) is 4.88 Å². The second-order valence-electron chi connectivity index (χ2n) is 3.09. The summed E-state index contributed by atoms with van der Waals surface area (Å²) in [6, 6.07) is 3.94. The largest absolute Gasteiger partial charge is 0.383 e. The summed E-state index contributed by atoms with van der Waals surface area (Å²) in [6.07, 6.45) is 0.510. The summed E-state index contributed by atoms with van der Waals surface area (Å²) in [5, 5.41) is 3.03. The van der Waals surface area contributed by atoms with E-state index in [0.29, 0.717) is 19.6 Å². The lowest BCUT2D eigenvalue weighted by molar-refractivity contribution is -0.117. The van der Waals surface area contributed by atoms with Gasteiger partial charge >= 0.3 is 0 Å². The van der Waals surface area contributed by atoms with Crippen molar-refractivity contribution in [2.24, 2.45) is 0 Å². The van der Waals surface area contributed by atoms with Crippen LogP contribution in [-0.2, 0) is 16.0 Å². The second kappa shape index (κ2) is 7.11. The molecule has 0 aliphatic rings. The Morgan fingerprint density at radius 2 is 2.40 bits per heavy atom. The van der Waals surface area contributed by atoms with Crippen LogP contribution in [0.4, 0.5) is 0 Å². The van der Waals surface area contributed by atoms with Crippen LogP contribution in [0.3, 0.4) is 0 Å². The molecule has 1 N–H and O–H groups in total. The molecule has 0 atom stereocenters. The summed E-state index contributed by atoms with van der Waals surface area (Å²) in [5.74, 6) is 0.209. The predicted octanol–water partition coefficient (Wildman–Crippen LogP) is 1.86. The first-order chi connectivity index (χ1) is 7.22. The van der Waals surface area contributed by atoms with E-state index in [1.165, 1.54) is 0 Å². The highest BCUT2D eigenvalue weighted by atomic mass is 79.9. The fourth-order valence-electron chi connectivity index (χ4n) is 1.11. The topological polar surface area (TPSA) is 38.3 Å². The second-order valence-corrected chi connectivity index (χ2v) is 5.64. The van der Waals surface area contributed by atoms with Crippen LogP contribution in [0.25, 0.3) is 0 Å². The number of thiophene rings is 1. The molecule has 0 aliphatic heterocycles. The Morgan fingerprint density at radius 3 is 3.00 bits per heavy atom. The Labute approximate surface area is 102 Å². The molecular formula is C10H14BrNO2S. The maximum Gasteiger partial charge on any atom is 0.151 e. The summed E-state index contributed by atoms with van der Waals surface area (Å²) >= 11 is 4.97. The van der Waals surface area contributed by atoms with Crippen molar-refractivity contribution in [1.29, 1.82) is 0 Å². The van der Waals surface area contributed by atoms with Crippen molar-refractivity contribution in [2.45, 2.75) is 6.42 Å². The van der Waals surface area contributed by atoms with Gasteiger partial charge in [-0.2, -0.15) is 0 Å². The lowest BCUT2D eigenvalue weighted by Crippen LogP contribution is -2.27. The number of carbonyl (C=O) groups excluding carboxylic acids is 1. The van der Waals surface area contributed by atoms with Crippen LogP contribution in [0.5, 0.6) is 0 Å². The first-order valence-electron chi connectivity index (χ1n) is 4.68. The Bertz CT molecular complexity index is 314. The molecule has 1 heterocycles. The van der Waals surface area contributed by atoms with Gasteiger partial charge in [0, 0.05) is 25.0 Å². The van der Waals surface area contributed by atoms with Crippen molar-refractivity contribution >= 4 is 33.0 Å². The Balaban J connectivity index is 2.18. The number of halogens is 1. The van der Waals surface area contributed by atoms with Gasteiger partial charge in [0.25, 0.3) is 0 Å². The van der Waals surface area contributed by atoms with Gasteiger partial charge in [0.1, 0.15) is 0 Å². The molecule has 0 unspecified atom stereocenters. The molecular weight excluding hydrogens is 278 g/mol. The minimum atomic E-state index is 0.209. The Morgan fingerprint density at radius 1 is 1.60 bits per heavy atom. The summed E-state index contributed by atoms with van der Waals surface area (Å²) in [6.45, 7) is 1.77. The van der Waals surface area contributed by atoms with Crippen LogP contribution in [0.15, 0.2) is 15.9 Å². The smallest absolute Gasteiger partial charge is 0.151 e. The summed E-state index contributed by atoms with van der Waals surface area (Å²) in [5.41, 5.74) is 0. The van der Waals surface area contributed by atoms with Gasteiger partial charge in [0.2, 0.25) is 0 Å². The fraction of sp³-hybridized carbons (Fsp3) is 0.500. The van der Waals surface area contributed by atoms with E-state index in [2.05, 4.69) is 21.2 Å². The van der Waals surface area contributed by atoms with Crippen molar-refractivity contribution in [3.63, 3.8) is 0 Å². The lowest BCUT2D eigenvalue weighted by Gasteiger charge is -2.02. The van der Waals surface area contributed by atoms with E-state index < -0.39 is 0 Å². The average Bonchev–Trinajstić information content (AvgIpc) is 2.59. The number of rotatable bonds is 7. The van der Waals surface area contributed by atoms with E-state index in [1.54, 1.807) is 18.4 Å². The number of hydrogen-bond acceptors (Lipinski definition) is 4.